The van der Waals surface area contributed by atoms with Crippen LogP contribution in [-0.2, 0) is 17.9 Å². The van der Waals surface area contributed by atoms with Gasteiger partial charge in [-0.1, -0.05) is 30.3 Å². The van der Waals surface area contributed by atoms with E-state index in [1.807, 2.05) is 31.2 Å². The van der Waals surface area contributed by atoms with Gasteiger partial charge in [0.2, 0.25) is 0 Å². The number of ether oxygens (including phenoxy) is 1. The summed E-state index contributed by atoms with van der Waals surface area (Å²) in [6.45, 7) is 2.75. The minimum absolute atomic E-state index is 0.209. The fraction of sp³-hybridized carbons (Fsp3) is 0.182. The first kappa shape index (κ1) is 20.7. The highest BCUT2D eigenvalue weighted by Crippen LogP contribution is 2.27. The molecular weight excluding hydrogens is 391 g/mol. The Morgan fingerprint density at radius 2 is 1.76 bits per heavy atom. The van der Waals surface area contributed by atoms with E-state index in [1.54, 1.807) is 13.2 Å². The molecule has 0 fully saturated rings. The second-order valence-electron chi connectivity index (χ2n) is 6.52. The van der Waals surface area contributed by atoms with Crippen LogP contribution >= 0.6 is 11.3 Å². The second kappa shape index (κ2) is 9.45. The largest absolute Gasteiger partial charge is 0.380 e. The molecule has 29 heavy (non-hydrogen) atoms. The lowest BCUT2D eigenvalue weighted by molar-refractivity contribution is 0.0953. The highest BCUT2D eigenvalue weighted by Gasteiger charge is 2.15. The molecule has 2 aromatic carbocycles. The van der Waals surface area contributed by atoms with Gasteiger partial charge in [-0.25, -0.2) is 4.39 Å². The van der Waals surface area contributed by atoms with Gasteiger partial charge in [0.25, 0.3) is 11.8 Å². The minimum Gasteiger partial charge on any atom is -0.380 e. The van der Waals surface area contributed by atoms with Crippen LogP contribution in [0, 0.1) is 12.7 Å². The van der Waals surface area contributed by atoms with Gasteiger partial charge in [0, 0.05) is 19.2 Å². The zero-order chi connectivity index (χ0) is 20.8. The summed E-state index contributed by atoms with van der Waals surface area (Å²) < 4.78 is 18.4. The van der Waals surface area contributed by atoms with Crippen LogP contribution in [0.25, 0.3) is 0 Å². The lowest BCUT2D eigenvalue weighted by atomic mass is 10.1. The zero-order valence-electron chi connectivity index (χ0n) is 16.1. The lowest BCUT2D eigenvalue weighted by Gasteiger charge is -2.06. The first-order valence-corrected chi connectivity index (χ1v) is 9.80. The van der Waals surface area contributed by atoms with E-state index >= 15 is 0 Å². The highest BCUT2D eigenvalue weighted by atomic mass is 32.1. The molecule has 0 unspecified atom stereocenters. The summed E-state index contributed by atoms with van der Waals surface area (Å²) in [7, 11) is 1.65. The maximum absolute atomic E-state index is 13.3. The van der Waals surface area contributed by atoms with Gasteiger partial charge >= 0.3 is 0 Å². The number of rotatable bonds is 7. The summed E-state index contributed by atoms with van der Waals surface area (Å²) in [6.07, 6.45) is 0. The predicted molar refractivity (Wildman–Crippen MR) is 112 cm³/mol. The SMILES string of the molecule is COCc1ccc(CNC(=O)c2sc(NC(=O)c3cccc(F)c3)cc2C)cc1. The molecule has 3 rings (SSSR count). The van der Waals surface area contributed by atoms with Crippen molar-refractivity contribution < 1.29 is 18.7 Å². The molecule has 0 bridgehead atoms. The van der Waals surface area contributed by atoms with Crippen LogP contribution < -0.4 is 10.6 Å². The summed E-state index contributed by atoms with van der Waals surface area (Å²) in [5.74, 6) is -1.11. The number of methoxy groups -OCH3 is 1. The molecular formula is C22H21FN2O3S. The summed E-state index contributed by atoms with van der Waals surface area (Å²) in [5, 5.41) is 6.14. The second-order valence-corrected chi connectivity index (χ2v) is 7.57. The van der Waals surface area contributed by atoms with Crippen molar-refractivity contribution in [2.45, 2.75) is 20.1 Å². The molecule has 150 valence electrons. The van der Waals surface area contributed by atoms with E-state index < -0.39 is 11.7 Å². The lowest BCUT2D eigenvalue weighted by Crippen LogP contribution is -2.22. The fourth-order valence-electron chi connectivity index (χ4n) is 2.77. The normalized spacial score (nSPS) is 10.6. The van der Waals surface area contributed by atoms with Crippen molar-refractivity contribution in [1.82, 2.24) is 5.32 Å². The molecule has 3 aromatic rings. The molecule has 7 heteroatoms. The maximum Gasteiger partial charge on any atom is 0.261 e. The third-order valence-corrected chi connectivity index (χ3v) is 5.39. The first-order chi connectivity index (χ1) is 14.0. The smallest absolute Gasteiger partial charge is 0.261 e. The molecule has 0 saturated heterocycles. The van der Waals surface area contributed by atoms with E-state index in [2.05, 4.69) is 10.6 Å². The average molecular weight is 412 g/mol. The number of hydrogen-bond acceptors (Lipinski definition) is 4. The van der Waals surface area contributed by atoms with E-state index in [1.165, 1.54) is 35.6 Å². The van der Waals surface area contributed by atoms with Crippen LogP contribution in [0.5, 0.6) is 0 Å². The van der Waals surface area contributed by atoms with E-state index in [0.29, 0.717) is 23.0 Å². The van der Waals surface area contributed by atoms with Gasteiger partial charge in [0.15, 0.2) is 0 Å². The number of halogens is 1. The predicted octanol–water partition coefficient (Wildman–Crippen LogP) is 4.52. The number of hydrogen-bond donors (Lipinski definition) is 2. The third-order valence-electron chi connectivity index (χ3n) is 4.23. The van der Waals surface area contributed by atoms with E-state index in [4.69, 9.17) is 4.74 Å². The van der Waals surface area contributed by atoms with Gasteiger partial charge in [0.1, 0.15) is 5.82 Å². The van der Waals surface area contributed by atoms with Crippen molar-refractivity contribution in [3.05, 3.63) is 87.5 Å². The van der Waals surface area contributed by atoms with Crippen molar-refractivity contribution in [3.63, 3.8) is 0 Å². The molecule has 0 aliphatic rings. The molecule has 2 N–H and O–H groups in total. The molecule has 0 spiro atoms. The number of thiophene rings is 1. The van der Waals surface area contributed by atoms with Gasteiger partial charge in [-0.3, -0.25) is 9.59 Å². The molecule has 0 radical (unpaired) electrons. The maximum atomic E-state index is 13.3. The fourth-order valence-corrected chi connectivity index (χ4v) is 3.75. The van der Waals surface area contributed by atoms with E-state index in [-0.39, 0.29) is 11.5 Å². The standard InChI is InChI=1S/C22H21FN2O3S/c1-14-10-19(25-21(26)17-4-3-5-18(23)11-17)29-20(14)22(27)24-12-15-6-8-16(9-7-15)13-28-2/h3-11H,12-13H2,1-2H3,(H,24,27)(H,25,26). The van der Waals surface area contributed by atoms with Gasteiger partial charge in [0.05, 0.1) is 16.5 Å². The Balaban J connectivity index is 1.61. The van der Waals surface area contributed by atoms with Crippen LogP contribution in [0.2, 0.25) is 0 Å². The Morgan fingerprint density at radius 3 is 2.45 bits per heavy atom. The monoisotopic (exact) mass is 412 g/mol. The summed E-state index contributed by atoms with van der Waals surface area (Å²) >= 11 is 1.18. The molecule has 1 heterocycles. The third kappa shape index (κ3) is 5.49. The molecule has 0 aliphatic carbocycles. The zero-order valence-corrected chi connectivity index (χ0v) is 16.9. The Bertz CT molecular complexity index is 1020. The average Bonchev–Trinajstić information content (AvgIpc) is 3.07. The van der Waals surface area contributed by atoms with E-state index in [9.17, 15) is 14.0 Å². The van der Waals surface area contributed by atoms with Gasteiger partial charge in [-0.05, 0) is 47.9 Å². The van der Waals surface area contributed by atoms with Crippen molar-refractivity contribution in [2.75, 3.05) is 12.4 Å². The number of carbonyl (C=O) groups excluding carboxylic acids is 2. The number of amides is 2. The molecule has 2 amide bonds. The topological polar surface area (TPSA) is 67.4 Å². The first-order valence-electron chi connectivity index (χ1n) is 8.98. The Kier molecular flexibility index (Phi) is 6.74. The van der Waals surface area contributed by atoms with E-state index in [0.717, 1.165) is 16.7 Å². The van der Waals surface area contributed by atoms with Crippen molar-refractivity contribution in [1.29, 1.82) is 0 Å². The Morgan fingerprint density at radius 1 is 1.03 bits per heavy atom. The van der Waals surface area contributed by atoms with Crippen LogP contribution in [-0.4, -0.2) is 18.9 Å². The van der Waals surface area contributed by atoms with Gasteiger partial charge in [-0.15, -0.1) is 11.3 Å². The van der Waals surface area contributed by atoms with Crippen molar-refractivity contribution in [2.24, 2.45) is 0 Å². The summed E-state index contributed by atoms with van der Waals surface area (Å²) in [6, 6.07) is 15.0. The van der Waals surface area contributed by atoms with Crippen LogP contribution in [0.15, 0.2) is 54.6 Å². The van der Waals surface area contributed by atoms with Gasteiger partial charge < -0.3 is 15.4 Å². The summed E-state index contributed by atoms with van der Waals surface area (Å²) in [5.41, 5.74) is 3.03. The molecule has 5 nitrogen and oxygen atoms in total. The molecule has 0 saturated carbocycles. The summed E-state index contributed by atoms with van der Waals surface area (Å²) in [4.78, 5) is 25.3. The van der Waals surface area contributed by atoms with Crippen LogP contribution in [0.4, 0.5) is 9.39 Å². The van der Waals surface area contributed by atoms with Crippen molar-refractivity contribution >= 4 is 28.2 Å². The Labute approximate surface area is 172 Å². The highest BCUT2D eigenvalue weighted by molar-refractivity contribution is 7.18. The number of carbonyl (C=O) groups is 2. The molecule has 0 atom stereocenters. The number of anilines is 1. The number of nitrogens with one attached hydrogen (secondary N) is 2. The molecule has 1 aromatic heterocycles. The number of benzene rings is 2. The minimum atomic E-state index is -0.477. The number of aryl methyl sites for hydroxylation is 1. The van der Waals surface area contributed by atoms with Gasteiger partial charge in [-0.2, -0.15) is 0 Å². The quantitative estimate of drug-likeness (QED) is 0.599. The van der Waals surface area contributed by atoms with Crippen molar-refractivity contribution in [3.8, 4) is 0 Å². The van der Waals surface area contributed by atoms with Crippen LogP contribution in [0.1, 0.15) is 36.7 Å². The molecule has 0 aliphatic heterocycles. The Hall–Kier alpha value is -3.03. The van der Waals surface area contributed by atoms with Crippen LogP contribution in [0.3, 0.4) is 0 Å².